The van der Waals surface area contributed by atoms with E-state index in [1.165, 1.54) is 12.1 Å². The Hall–Kier alpha value is -1.79. The average molecular weight is 368 g/mol. The van der Waals surface area contributed by atoms with E-state index in [1.807, 2.05) is 6.07 Å². The predicted octanol–water partition coefficient (Wildman–Crippen LogP) is 4.16. The van der Waals surface area contributed by atoms with Crippen molar-refractivity contribution >= 4 is 33.1 Å². The van der Waals surface area contributed by atoms with Crippen molar-refractivity contribution in [3.8, 4) is 0 Å². The van der Waals surface area contributed by atoms with Crippen LogP contribution in [0.2, 0.25) is 5.02 Å². The molecular weight excluding hydrogens is 346 g/mol. The summed E-state index contributed by atoms with van der Waals surface area (Å²) in [4.78, 5) is 6.58. The maximum absolute atomic E-state index is 12.4. The van der Waals surface area contributed by atoms with E-state index in [1.54, 1.807) is 24.4 Å². The van der Waals surface area contributed by atoms with E-state index in [0.717, 1.165) is 31.6 Å². The number of pyridine rings is 1. The fourth-order valence-corrected chi connectivity index (χ4v) is 3.68. The number of sulfonamides is 1. The number of rotatable bonds is 8. The molecular formula is C17H22ClN3O2S. The summed E-state index contributed by atoms with van der Waals surface area (Å²) in [5, 5.41) is 0.371. The lowest BCUT2D eigenvalue weighted by molar-refractivity contribution is 0.601. The van der Waals surface area contributed by atoms with Gasteiger partial charge in [0, 0.05) is 18.1 Å². The SMILES string of the molecule is CCCN(CCC)c1ccc(NS(=O)(=O)c2cccc(Cl)c2)nc1. The molecule has 0 unspecified atom stereocenters. The van der Waals surface area contributed by atoms with Gasteiger partial charge in [-0.15, -0.1) is 0 Å². The number of hydrogen-bond acceptors (Lipinski definition) is 4. The molecule has 0 aliphatic carbocycles. The van der Waals surface area contributed by atoms with Crippen LogP contribution < -0.4 is 9.62 Å². The van der Waals surface area contributed by atoms with Crippen LogP contribution in [0.4, 0.5) is 11.5 Å². The van der Waals surface area contributed by atoms with Crippen LogP contribution in [-0.4, -0.2) is 26.5 Å². The zero-order chi connectivity index (χ0) is 17.6. The summed E-state index contributed by atoms with van der Waals surface area (Å²) in [6.07, 6.45) is 3.79. The highest BCUT2D eigenvalue weighted by Gasteiger charge is 2.15. The van der Waals surface area contributed by atoms with Gasteiger partial charge in [-0.05, 0) is 43.2 Å². The molecule has 0 aliphatic rings. The van der Waals surface area contributed by atoms with E-state index >= 15 is 0 Å². The highest BCUT2D eigenvalue weighted by Crippen LogP contribution is 2.20. The van der Waals surface area contributed by atoms with Crippen molar-refractivity contribution in [1.82, 2.24) is 4.98 Å². The van der Waals surface area contributed by atoms with Gasteiger partial charge < -0.3 is 4.90 Å². The van der Waals surface area contributed by atoms with Crippen LogP contribution >= 0.6 is 11.6 Å². The highest BCUT2D eigenvalue weighted by molar-refractivity contribution is 7.92. The Kier molecular flexibility index (Phi) is 6.45. The average Bonchev–Trinajstić information content (AvgIpc) is 2.55. The van der Waals surface area contributed by atoms with Crippen LogP contribution in [0.15, 0.2) is 47.5 Å². The summed E-state index contributed by atoms with van der Waals surface area (Å²) in [7, 11) is -3.70. The zero-order valence-electron chi connectivity index (χ0n) is 13.9. The van der Waals surface area contributed by atoms with E-state index in [-0.39, 0.29) is 10.7 Å². The second kappa shape index (κ2) is 8.35. The summed E-state index contributed by atoms with van der Waals surface area (Å²) < 4.78 is 27.2. The van der Waals surface area contributed by atoms with Crippen molar-refractivity contribution in [1.29, 1.82) is 0 Å². The van der Waals surface area contributed by atoms with Crippen molar-refractivity contribution in [2.45, 2.75) is 31.6 Å². The van der Waals surface area contributed by atoms with Crippen molar-refractivity contribution in [2.75, 3.05) is 22.7 Å². The fourth-order valence-electron chi connectivity index (χ4n) is 2.37. The minimum Gasteiger partial charge on any atom is -0.370 e. The van der Waals surface area contributed by atoms with Gasteiger partial charge in [-0.3, -0.25) is 4.72 Å². The van der Waals surface area contributed by atoms with E-state index < -0.39 is 10.0 Å². The van der Waals surface area contributed by atoms with Gasteiger partial charge in [0.25, 0.3) is 10.0 Å². The predicted molar refractivity (Wildman–Crippen MR) is 99.3 cm³/mol. The minimum absolute atomic E-state index is 0.111. The lowest BCUT2D eigenvalue weighted by Crippen LogP contribution is -2.25. The Balaban J connectivity index is 2.16. The number of anilines is 2. The molecule has 2 aromatic rings. The molecule has 1 aromatic heterocycles. The van der Waals surface area contributed by atoms with E-state index in [0.29, 0.717) is 5.02 Å². The molecule has 1 N–H and O–H groups in total. The number of hydrogen-bond donors (Lipinski definition) is 1. The number of nitrogens with one attached hydrogen (secondary N) is 1. The van der Waals surface area contributed by atoms with E-state index in [9.17, 15) is 8.42 Å². The molecule has 1 aromatic carbocycles. The van der Waals surface area contributed by atoms with Gasteiger partial charge in [0.1, 0.15) is 5.82 Å². The molecule has 130 valence electrons. The van der Waals surface area contributed by atoms with Gasteiger partial charge in [-0.25, -0.2) is 13.4 Å². The smallest absolute Gasteiger partial charge is 0.263 e. The largest absolute Gasteiger partial charge is 0.370 e. The van der Waals surface area contributed by atoms with Crippen LogP contribution in [0.25, 0.3) is 0 Å². The van der Waals surface area contributed by atoms with Crippen LogP contribution in [0.1, 0.15) is 26.7 Å². The molecule has 0 fully saturated rings. The molecule has 0 atom stereocenters. The van der Waals surface area contributed by atoms with Gasteiger partial charge in [-0.1, -0.05) is 31.5 Å². The Bertz CT molecular complexity index is 758. The Labute approximate surface area is 148 Å². The van der Waals surface area contributed by atoms with Crippen LogP contribution in [0.3, 0.4) is 0 Å². The lowest BCUT2D eigenvalue weighted by Gasteiger charge is -2.23. The van der Waals surface area contributed by atoms with Crippen molar-refractivity contribution in [3.05, 3.63) is 47.6 Å². The molecule has 0 spiro atoms. The molecule has 0 radical (unpaired) electrons. The molecule has 0 saturated carbocycles. The molecule has 24 heavy (non-hydrogen) atoms. The summed E-state index contributed by atoms with van der Waals surface area (Å²) in [5.41, 5.74) is 0.990. The van der Waals surface area contributed by atoms with Gasteiger partial charge in [-0.2, -0.15) is 0 Å². The number of aromatic nitrogens is 1. The third-order valence-corrected chi connectivity index (χ3v) is 5.03. The maximum atomic E-state index is 12.4. The summed E-state index contributed by atoms with van der Waals surface area (Å²) in [5.74, 6) is 0.284. The molecule has 7 heteroatoms. The van der Waals surface area contributed by atoms with Gasteiger partial charge in [0.15, 0.2) is 0 Å². The van der Waals surface area contributed by atoms with E-state index in [2.05, 4.69) is 28.5 Å². The fraction of sp³-hybridized carbons (Fsp3) is 0.353. The van der Waals surface area contributed by atoms with Crippen LogP contribution in [0, 0.1) is 0 Å². The van der Waals surface area contributed by atoms with Crippen molar-refractivity contribution in [3.63, 3.8) is 0 Å². The van der Waals surface area contributed by atoms with E-state index in [4.69, 9.17) is 11.6 Å². The number of benzene rings is 1. The molecule has 0 saturated heterocycles. The summed E-state index contributed by atoms with van der Waals surface area (Å²) in [6, 6.07) is 9.68. The van der Waals surface area contributed by atoms with Crippen molar-refractivity contribution in [2.24, 2.45) is 0 Å². The monoisotopic (exact) mass is 367 g/mol. The lowest BCUT2D eigenvalue weighted by atomic mass is 10.3. The number of nitrogens with zero attached hydrogens (tertiary/aromatic N) is 2. The molecule has 5 nitrogen and oxygen atoms in total. The third-order valence-electron chi connectivity index (χ3n) is 3.45. The Morgan fingerprint density at radius 1 is 1.12 bits per heavy atom. The second-order valence-corrected chi connectivity index (χ2v) is 7.57. The first-order valence-corrected chi connectivity index (χ1v) is 9.81. The normalized spacial score (nSPS) is 11.3. The topological polar surface area (TPSA) is 62.3 Å². The second-order valence-electron chi connectivity index (χ2n) is 5.45. The quantitative estimate of drug-likeness (QED) is 0.760. The molecule has 0 amide bonds. The first-order chi connectivity index (χ1) is 11.5. The van der Waals surface area contributed by atoms with Crippen LogP contribution in [-0.2, 0) is 10.0 Å². The molecule has 2 rings (SSSR count). The Morgan fingerprint density at radius 2 is 1.83 bits per heavy atom. The summed E-state index contributed by atoms with van der Waals surface area (Å²) >= 11 is 5.86. The van der Waals surface area contributed by atoms with Gasteiger partial charge in [0.2, 0.25) is 0 Å². The molecule has 0 bridgehead atoms. The summed E-state index contributed by atoms with van der Waals surface area (Å²) in [6.45, 7) is 6.15. The third kappa shape index (κ3) is 4.85. The number of halogens is 1. The van der Waals surface area contributed by atoms with Crippen LogP contribution in [0.5, 0.6) is 0 Å². The Morgan fingerprint density at radius 3 is 2.38 bits per heavy atom. The standard InChI is InChI=1S/C17H22ClN3O2S/c1-3-10-21(11-4-2)15-8-9-17(19-13-15)20-24(22,23)16-7-5-6-14(18)12-16/h5-9,12-13H,3-4,10-11H2,1-2H3,(H,19,20). The zero-order valence-corrected chi connectivity index (χ0v) is 15.4. The van der Waals surface area contributed by atoms with Gasteiger partial charge >= 0.3 is 0 Å². The van der Waals surface area contributed by atoms with Gasteiger partial charge in [0.05, 0.1) is 16.8 Å². The molecule has 0 aliphatic heterocycles. The van der Waals surface area contributed by atoms with Crippen molar-refractivity contribution < 1.29 is 8.42 Å². The minimum atomic E-state index is -3.70. The maximum Gasteiger partial charge on any atom is 0.263 e. The first kappa shape index (κ1) is 18.5. The highest BCUT2D eigenvalue weighted by atomic mass is 35.5. The first-order valence-electron chi connectivity index (χ1n) is 7.95. The molecule has 1 heterocycles.